The lowest BCUT2D eigenvalue weighted by atomic mass is 9.89. The van der Waals surface area contributed by atoms with Gasteiger partial charge in [0.1, 0.15) is 18.0 Å². The van der Waals surface area contributed by atoms with Gasteiger partial charge in [0.2, 0.25) is 0 Å². The molecule has 0 aromatic heterocycles. The van der Waals surface area contributed by atoms with E-state index in [1.54, 1.807) is 0 Å². The van der Waals surface area contributed by atoms with Crippen molar-refractivity contribution in [2.45, 2.75) is 69.9 Å². The Hall–Kier alpha value is -2.96. The maximum absolute atomic E-state index is 12.7. The lowest BCUT2D eigenvalue weighted by Crippen LogP contribution is -2.30. The highest BCUT2D eigenvalue weighted by molar-refractivity contribution is 5.98. The Bertz CT molecular complexity index is 1030. The van der Waals surface area contributed by atoms with Crippen molar-refractivity contribution >= 4 is 17.4 Å². The number of hydrogen-bond acceptors (Lipinski definition) is 6. The average molecular weight is 454 g/mol. The number of nitrogens with one attached hydrogen (secondary N) is 1. The maximum Gasteiger partial charge on any atom is 0.309 e. The number of carbonyl (C=O) groups is 2. The standard InChI is InChI=1S/C26H31NO6/c1-31-23-21(28)10-9-19(17-7-8-20-18(13-17)14-27-24(20)29)22(23)32-15-26(11-12-26)33-25(30)16-5-3-2-4-6-16/h7-8,13,16,28H,2-6,9-12,14-15H2,1H3,(H,27,29). The van der Waals surface area contributed by atoms with Crippen LogP contribution in [0.1, 0.15) is 79.3 Å². The van der Waals surface area contributed by atoms with Crippen LogP contribution < -0.4 is 5.32 Å². The Kier molecular flexibility index (Phi) is 5.81. The predicted octanol–water partition coefficient (Wildman–Crippen LogP) is 4.52. The first kappa shape index (κ1) is 21.9. The van der Waals surface area contributed by atoms with E-state index in [4.69, 9.17) is 14.2 Å². The molecule has 176 valence electrons. The van der Waals surface area contributed by atoms with Crippen LogP contribution in [0.5, 0.6) is 0 Å². The number of hydrogen-bond donors (Lipinski definition) is 2. The van der Waals surface area contributed by atoms with E-state index in [1.807, 2.05) is 18.2 Å². The van der Waals surface area contributed by atoms with E-state index in [1.165, 1.54) is 13.5 Å². The molecule has 1 aromatic carbocycles. The van der Waals surface area contributed by atoms with Crippen molar-refractivity contribution in [3.63, 3.8) is 0 Å². The van der Waals surface area contributed by atoms with E-state index in [0.717, 1.165) is 55.2 Å². The molecule has 1 aromatic rings. The molecule has 1 aliphatic heterocycles. The maximum atomic E-state index is 12.7. The molecule has 4 aliphatic rings. The molecule has 33 heavy (non-hydrogen) atoms. The topological polar surface area (TPSA) is 94.1 Å². The zero-order chi connectivity index (χ0) is 23.0. The molecule has 7 heteroatoms. The molecule has 0 radical (unpaired) electrons. The summed E-state index contributed by atoms with van der Waals surface area (Å²) in [4.78, 5) is 24.6. The molecule has 1 heterocycles. The molecule has 1 amide bonds. The molecule has 2 saturated carbocycles. The van der Waals surface area contributed by atoms with E-state index in [9.17, 15) is 14.7 Å². The zero-order valence-electron chi connectivity index (χ0n) is 19.1. The Morgan fingerprint density at radius 3 is 2.67 bits per heavy atom. The van der Waals surface area contributed by atoms with Gasteiger partial charge < -0.3 is 24.6 Å². The first-order chi connectivity index (χ1) is 16.0. The van der Waals surface area contributed by atoms with Gasteiger partial charge >= 0.3 is 5.97 Å². The summed E-state index contributed by atoms with van der Waals surface area (Å²) < 4.78 is 17.7. The Labute approximate surface area is 193 Å². The smallest absolute Gasteiger partial charge is 0.309 e. The molecule has 0 bridgehead atoms. The summed E-state index contributed by atoms with van der Waals surface area (Å²) >= 11 is 0. The summed E-state index contributed by atoms with van der Waals surface area (Å²) in [5, 5.41) is 13.3. The van der Waals surface area contributed by atoms with Gasteiger partial charge in [-0.15, -0.1) is 0 Å². The number of amides is 1. The molecule has 7 nitrogen and oxygen atoms in total. The minimum absolute atomic E-state index is 0.00175. The van der Waals surface area contributed by atoms with Gasteiger partial charge in [-0.2, -0.15) is 0 Å². The third kappa shape index (κ3) is 4.33. The van der Waals surface area contributed by atoms with Crippen molar-refractivity contribution in [2.75, 3.05) is 13.7 Å². The minimum atomic E-state index is -0.590. The third-order valence-electron chi connectivity index (χ3n) is 7.24. The van der Waals surface area contributed by atoms with Crippen LogP contribution in [-0.2, 0) is 25.5 Å². The molecular weight excluding hydrogens is 422 g/mol. The molecule has 2 N–H and O–H groups in total. The summed E-state index contributed by atoms with van der Waals surface area (Å²) in [5.74, 6) is 0.796. The minimum Gasteiger partial charge on any atom is -0.508 e. The highest BCUT2D eigenvalue weighted by Gasteiger charge is 2.49. The Morgan fingerprint density at radius 1 is 1.15 bits per heavy atom. The van der Waals surface area contributed by atoms with Crippen molar-refractivity contribution in [3.8, 4) is 0 Å². The van der Waals surface area contributed by atoms with Gasteiger partial charge in [-0.05, 0) is 55.4 Å². The number of aliphatic hydroxyl groups is 1. The van der Waals surface area contributed by atoms with E-state index in [-0.39, 0.29) is 30.2 Å². The fourth-order valence-electron chi connectivity index (χ4n) is 5.05. The number of rotatable bonds is 7. The Balaban J connectivity index is 1.37. The van der Waals surface area contributed by atoms with E-state index >= 15 is 0 Å². The molecule has 0 unspecified atom stereocenters. The predicted molar refractivity (Wildman–Crippen MR) is 121 cm³/mol. The second-order valence-electron chi connectivity index (χ2n) is 9.57. The van der Waals surface area contributed by atoms with Gasteiger partial charge in [-0.1, -0.05) is 25.3 Å². The van der Waals surface area contributed by atoms with Gasteiger partial charge in [0.25, 0.3) is 5.91 Å². The number of ether oxygens (including phenoxy) is 3. The molecule has 2 fully saturated rings. The second-order valence-corrected chi connectivity index (χ2v) is 9.57. The van der Waals surface area contributed by atoms with Crippen molar-refractivity contribution < 1.29 is 28.9 Å². The van der Waals surface area contributed by atoms with Crippen LogP contribution in [-0.4, -0.2) is 36.3 Å². The monoisotopic (exact) mass is 453 g/mol. The van der Waals surface area contributed by atoms with Crippen molar-refractivity contribution in [3.05, 3.63) is 52.2 Å². The molecular formula is C26H31NO6. The molecule has 0 saturated heterocycles. The van der Waals surface area contributed by atoms with Crippen LogP contribution in [0.15, 0.2) is 35.5 Å². The largest absolute Gasteiger partial charge is 0.508 e. The van der Waals surface area contributed by atoms with Crippen LogP contribution in [0.4, 0.5) is 0 Å². The fraction of sp³-hybridized carbons (Fsp3) is 0.538. The molecule has 0 spiro atoms. The van der Waals surface area contributed by atoms with Crippen LogP contribution >= 0.6 is 0 Å². The summed E-state index contributed by atoms with van der Waals surface area (Å²) in [6.45, 7) is 0.735. The number of fused-ring (bicyclic) bond motifs is 1. The summed E-state index contributed by atoms with van der Waals surface area (Å²) in [6.07, 6.45) is 7.77. The van der Waals surface area contributed by atoms with Gasteiger partial charge in [-0.3, -0.25) is 9.59 Å². The van der Waals surface area contributed by atoms with Crippen molar-refractivity contribution in [1.29, 1.82) is 0 Å². The van der Waals surface area contributed by atoms with Crippen molar-refractivity contribution in [2.24, 2.45) is 5.92 Å². The number of allylic oxidation sites excluding steroid dienone is 2. The normalized spacial score (nSPS) is 22.0. The van der Waals surface area contributed by atoms with Gasteiger partial charge in [-0.25, -0.2) is 0 Å². The summed E-state index contributed by atoms with van der Waals surface area (Å²) in [6, 6.07) is 5.74. The highest BCUT2D eigenvalue weighted by atomic mass is 16.6. The number of aliphatic hydroxyl groups excluding tert-OH is 1. The van der Waals surface area contributed by atoms with Gasteiger partial charge in [0, 0.05) is 24.1 Å². The summed E-state index contributed by atoms with van der Waals surface area (Å²) in [7, 11) is 1.51. The lowest BCUT2D eigenvalue weighted by molar-refractivity contribution is -0.160. The lowest BCUT2D eigenvalue weighted by Gasteiger charge is -2.27. The van der Waals surface area contributed by atoms with E-state index < -0.39 is 5.60 Å². The van der Waals surface area contributed by atoms with E-state index in [0.29, 0.717) is 36.5 Å². The summed E-state index contributed by atoms with van der Waals surface area (Å²) in [5.41, 5.74) is 2.90. The second kappa shape index (κ2) is 8.76. The highest BCUT2D eigenvalue weighted by Crippen LogP contribution is 2.44. The quantitative estimate of drug-likeness (QED) is 0.590. The van der Waals surface area contributed by atoms with Crippen LogP contribution in [0.3, 0.4) is 0 Å². The zero-order valence-corrected chi connectivity index (χ0v) is 19.1. The van der Waals surface area contributed by atoms with Crippen LogP contribution in [0.25, 0.3) is 5.57 Å². The molecule has 5 rings (SSSR count). The number of esters is 1. The molecule has 3 aliphatic carbocycles. The molecule has 0 atom stereocenters. The van der Waals surface area contributed by atoms with Gasteiger partial charge in [0.05, 0.1) is 13.0 Å². The number of benzene rings is 1. The van der Waals surface area contributed by atoms with Gasteiger partial charge in [0.15, 0.2) is 11.5 Å². The van der Waals surface area contributed by atoms with Crippen LogP contribution in [0.2, 0.25) is 0 Å². The number of carbonyl (C=O) groups excluding carboxylic acids is 2. The number of methoxy groups -OCH3 is 1. The third-order valence-corrected chi connectivity index (χ3v) is 7.24. The van der Waals surface area contributed by atoms with Crippen LogP contribution in [0, 0.1) is 5.92 Å². The first-order valence-electron chi connectivity index (χ1n) is 12.0. The van der Waals surface area contributed by atoms with E-state index in [2.05, 4.69) is 5.32 Å². The first-order valence-corrected chi connectivity index (χ1v) is 12.0. The van der Waals surface area contributed by atoms with Crippen molar-refractivity contribution in [1.82, 2.24) is 5.32 Å². The average Bonchev–Trinajstić information content (AvgIpc) is 3.51. The Morgan fingerprint density at radius 2 is 1.94 bits per heavy atom. The SMILES string of the molecule is COC1=C(O)CCC(c2ccc3c(c2)CNC3=O)=C1OCC1(OC(=O)C2CCCCC2)CC1. The fourth-order valence-corrected chi connectivity index (χ4v) is 5.05.